The number of hydrogen-bond acceptors (Lipinski definition) is 2. The zero-order valence-corrected chi connectivity index (χ0v) is 6.83. The maximum absolute atomic E-state index is 5.38. The van der Waals surface area contributed by atoms with Gasteiger partial charge in [0, 0.05) is 6.54 Å². The molecule has 1 fully saturated rings. The molecule has 0 spiro atoms. The van der Waals surface area contributed by atoms with Crippen molar-refractivity contribution < 1.29 is 4.74 Å². The van der Waals surface area contributed by atoms with Gasteiger partial charge in [0.2, 0.25) is 0 Å². The summed E-state index contributed by atoms with van der Waals surface area (Å²) >= 11 is 0. The fraction of sp³-hybridized carbons (Fsp3) is 0.778. The van der Waals surface area contributed by atoms with Crippen LogP contribution in [0.4, 0.5) is 0 Å². The van der Waals surface area contributed by atoms with Gasteiger partial charge in [-0.2, -0.15) is 0 Å². The Morgan fingerprint density at radius 3 is 3.36 bits per heavy atom. The van der Waals surface area contributed by atoms with Crippen molar-refractivity contribution in [3.8, 4) is 0 Å². The molecule has 0 aliphatic carbocycles. The smallest absolute Gasteiger partial charge is 0.0996 e. The predicted molar refractivity (Wildman–Crippen MR) is 44.3 cm³/mol. The molecule has 0 amide bonds. The molecule has 2 aliphatic heterocycles. The third-order valence-corrected chi connectivity index (χ3v) is 2.44. The van der Waals surface area contributed by atoms with Gasteiger partial charge in [-0.1, -0.05) is 12.2 Å². The van der Waals surface area contributed by atoms with E-state index in [4.69, 9.17) is 4.74 Å². The van der Waals surface area contributed by atoms with Gasteiger partial charge in [0.05, 0.1) is 19.4 Å². The molecule has 0 N–H and O–H groups in total. The van der Waals surface area contributed by atoms with Crippen LogP contribution in [0, 0.1) is 0 Å². The molecule has 11 heavy (non-hydrogen) atoms. The Bertz CT molecular complexity index is 156. The average molecular weight is 153 g/mol. The molecular formula is C9H15NO. The lowest BCUT2D eigenvalue weighted by atomic mass is 10.1. The number of ether oxygens (including phenoxy) is 1. The van der Waals surface area contributed by atoms with Gasteiger partial charge >= 0.3 is 0 Å². The second kappa shape index (κ2) is 3.37. The van der Waals surface area contributed by atoms with Crippen LogP contribution in [0.1, 0.15) is 19.3 Å². The van der Waals surface area contributed by atoms with E-state index in [1.54, 1.807) is 0 Å². The van der Waals surface area contributed by atoms with Crippen molar-refractivity contribution in [3.63, 3.8) is 0 Å². The minimum absolute atomic E-state index is 0.579. The lowest BCUT2D eigenvalue weighted by molar-refractivity contribution is 0.138. The van der Waals surface area contributed by atoms with Gasteiger partial charge in [0.15, 0.2) is 0 Å². The predicted octanol–water partition coefficient (Wildman–Crippen LogP) is 1.38. The molecular weight excluding hydrogens is 138 g/mol. The molecule has 0 aromatic carbocycles. The van der Waals surface area contributed by atoms with Crippen molar-refractivity contribution in [2.24, 2.45) is 0 Å². The quantitative estimate of drug-likeness (QED) is 0.487. The SMILES string of the molecule is C1=C\[C@H]2COCN2CCCC/1. The second-order valence-electron chi connectivity index (χ2n) is 3.30. The average Bonchev–Trinajstić information content (AvgIpc) is 2.35. The molecule has 2 nitrogen and oxygen atoms in total. The van der Waals surface area contributed by atoms with E-state index in [-0.39, 0.29) is 0 Å². The molecule has 0 bridgehead atoms. The van der Waals surface area contributed by atoms with Gasteiger partial charge < -0.3 is 4.74 Å². The van der Waals surface area contributed by atoms with E-state index in [1.807, 2.05) is 0 Å². The van der Waals surface area contributed by atoms with Crippen molar-refractivity contribution in [1.29, 1.82) is 0 Å². The summed E-state index contributed by atoms with van der Waals surface area (Å²) in [6, 6.07) is 0.579. The normalized spacial score (nSPS) is 35.8. The van der Waals surface area contributed by atoms with Gasteiger partial charge in [-0.25, -0.2) is 0 Å². The van der Waals surface area contributed by atoms with Gasteiger partial charge in [-0.15, -0.1) is 0 Å². The molecule has 0 radical (unpaired) electrons. The molecule has 0 unspecified atom stereocenters. The molecule has 2 heteroatoms. The number of allylic oxidation sites excluding steroid dienone is 1. The zero-order chi connectivity index (χ0) is 7.52. The summed E-state index contributed by atoms with van der Waals surface area (Å²) in [6.07, 6.45) is 8.51. The lowest BCUT2D eigenvalue weighted by Gasteiger charge is -2.20. The third kappa shape index (κ3) is 1.63. The number of hydrogen-bond donors (Lipinski definition) is 0. The Balaban J connectivity index is 2.01. The van der Waals surface area contributed by atoms with Crippen molar-refractivity contribution >= 4 is 0 Å². The monoisotopic (exact) mass is 153 g/mol. The molecule has 0 saturated carbocycles. The van der Waals surface area contributed by atoms with Crippen molar-refractivity contribution in [2.75, 3.05) is 19.9 Å². The summed E-state index contributed by atoms with van der Waals surface area (Å²) in [5, 5.41) is 0. The summed E-state index contributed by atoms with van der Waals surface area (Å²) in [5.41, 5.74) is 0. The number of nitrogens with zero attached hydrogens (tertiary/aromatic N) is 1. The summed E-state index contributed by atoms with van der Waals surface area (Å²) in [4.78, 5) is 2.41. The second-order valence-corrected chi connectivity index (χ2v) is 3.30. The van der Waals surface area contributed by atoms with E-state index in [2.05, 4.69) is 17.1 Å². The highest BCUT2D eigenvalue weighted by Crippen LogP contribution is 2.15. The fourth-order valence-corrected chi connectivity index (χ4v) is 1.73. The molecule has 2 aliphatic rings. The van der Waals surface area contributed by atoms with Crippen LogP contribution in [0.15, 0.2) is 12.2 Å². The van der Waals surface area contributed by atoms with Gasteiger partial charge in [0.25, 0.3) is 0 Å². The molecule has 62 valence electrons. The first-order chi connectivity index (χ1) is 5.47. The van der Waals surface area contributed by atoms with Crippen molar-refractivity contribution in [2.45, 2.75) is 25.3 Å². The van der Waals surface area contributed by atoms with E-state index in [1.165, 1.54) is 25.8 Å². The van der Waals surface area contributed by atoms with Crippen LogP contribution in [0.5, 0.6) is 0 Å². The third-order valence-electron chi connectivity index (χ3n) is 2.44. The Kier molecular flexibility index (Phi) is 2.24. The Morgan fingerprint density at radius 1 is 1.36 bits per heavy atom. The highest BCUT2D eigenvalue weighted by atomic mass is 16.5. The highest BCUT2D eigenvalue weighted by molar-refractivity contribution is 4.97. The summed E-state index contributed by atoms with van der Waals surface area (Å²) in [7, 11) is 0. The van der Waals surface area contributed by atoms with E-state index < -0.39 is 0 Å². The molecule has 2 heterocycles. The first kappa shape index (κ1) is 7.32. The van der Waals surface area contributed by atoms with Crippen LogP contribution in [0.2, 0.25) is 0 Å². The van der Waals surface area contributed by atoms with Gasteiger partial charge in [-0.3, -0.25) is 4.90 Å². The first-order valence-electron chi connectivity index (χ1n) is 4.45. The topological polar surface area (TPSA) is 12.5 Å². The minimum atomic E-state index is 0.579. The van der Waals surface area contributed by atoms with Gasteiger partial charge in [0.1, 0.15) is 0 Å². The zero-order valence-electron chi connectivity index (χ0n) is 6.83. The van der Waals surface area contributed by atoms with E-state index in [0.29, 0.717) is 6.04 Å². The van der Waals surface area contributed by atoms with Crippen molar-refractivity contribution in [1.82, 2.24) is 4.90 Å². The van der Waals surface area contributed by atoms with Crippen LogP contribution < -0.4 is 0 Å². The highest BCUT2D eigenvalue weighted by Gasteiger charge is 2.22. The Labute approximate surface area is 67.8 Å². The summed E-state index contributed by atoms with van der Waals surface area (Å²) in [5.74, 6) is 0. The number of rotatable bonds is 0. The molecule has 1 atom stereocenters. The molecule has 0 aromatic heterocycles. The van der Waals surface area contributed by atoms with E-state index in [0.717, 1.165) is 13.3 Å². The van der Waals surface area contributed by atoms with Crippen LogP contribution in [0.3, 0.4) is 0 Å². The Morgan fingerprint density at radius 2 is 2.36 bits per heavy atom. The summed E-state index contributed by atoms with van der Waals surface area (Å²) < 4.78 is 5.38. The number of fused-ring (bicyclic) bond motifs is 1. The van der Waals surface area contributed by atoms with E-state index >= 15 is 0 Å². The maximum Gasteiger partial charge on any atom is 0.0996 e. The van der Waals surface area contributed by atoms with Crippen molar-refractivity contribution in [3.05, 3.63) is 12.2 Å². The standard InChI is InChI=1S/C9H15NO/c1-2-4-6-10-8-11-7-9(10)5-3-1/h3,5,9H,1-2,4,6-8H2/b5-3-/t9-/m0/s1. The Hall–Kier alpha value is -0.340. The maximum atomic E-state index is 5.38. The van der Waals surface area contributed by atoms with Crippen LogP contribution in [-0.4, -0.2) is 30.8 Å². The largest absolute Gasteiger partial charge is 0.364 e. The van der Waals surface area contributed by atoms with Crippen LogP contribution in [-0.2, 0) is 4.74 Å². The van der Waals surface area contributed by atoms with Gasteiger partial charge in [-0.05, 0) is 19.3 Å². The summed E-state index contributed by atoms with van der Waals surface area (Å²) in [6.45, 7) is 2.96. The molecule has 2 rings (SSSR count). The van der Waals surface area contributed by atoms with Crippen LogP contribution in [0.25, 0.3) is 0 Å². The van der Waals surface area contributed by atoms with Crippen LogP contribution >= 0.6 is 0 Å². The fourth-order valence-electron chi connectivity index (χ4n) is 1.73. The van der Waals surface area contributed by atoms with E-state index in [9.17, 15) is 0 Å². The first-order valence-corrected chi connectivity index (χ1v) is 4.45. The molecule has 1 saturated heterocycles. The molecule has 0 aromatic rings. The minimum Gasteiger partial charge on any atom is -0.364 e. The lowest BCUT2D eigenvalue weighted by Crippen LogP contribution is -2.30.